The number of hydrogen-bond acceptors (Lipinski definition) is 5. The fourth-order valence-corrected chi connectivity index (χ4v) is 1.53. The summed E-state index contributed by atoms with van der Waals surface area (Å²) in [5, 5.41) is 20.7. The molecule has 7 nitrogen and oxygen atoms in total. The zero-order valence-corrected chi connectivity index (χ0v) is 10.3. The van der Waals surface area contributed by atoms with E-state index < -0.39 is 11.9 Å². The lowest BCUT2D eigenvalue weighted by Crippen LogP contribution is -2.12. The largest absolute Gasteiger partial charge is 0.505 e. The fourth-order valence-electron chi connectivity index (χ4n) is 1.53. The SMILES string of the molecule is O=C(O)Cc1ccc(NC(=O)c2ccncc2O)cn1. The molecule has 0 aliphatic carbocycles. The third-order valence-electron chi connectivity index (χ3n) is 2.46. The van der Waals surface area contributed by atoms with E-state index in [1.807, 2.05) is 0 Å². The van der Waals surface area contributed by atoms with Crippen LogP contribution in [0.15, 0.2) is 36.8 Å². The van der Waals surface area contributed by atoms with Gasteiger partial charge in [0.2, 0.25) is 0 Å². The number of carboxylic acids is 1. The van der Waals surface area contributed by atoms with E-state index in [2.05, 4.69) is 15.3 Å². The Balaban J connectivity index is 2.09. The molecule has 0 spiro atoms. The number of aromatic nitrogens is 2. The molecule has 0 fully saturated rings. The zero-order valence-electron chi connectivity index (χ0n) is 10.3. The van der Waals surface area contributed by atoms with E-state index in [4.69, 9.17) is 5.11 Å². The molecular formula is C13H11N3O4. The molecule has 2 aromatic heterocycles. The molecule has 102 valence electrons. The van der Waals surface area contributed by atoms with Crippen LogP contribution >= 0.6 is 0 Å². The Bertz CT molecular complexity index is 640. The zero-order chi connectivity index (χ0) is 14.5. The van der Waals surface area contributed by atoms with Gasteiger partial charge in [0.25, 0.3) is 5.91 Å². The van der Waals surface area contributed by atoms with Gasteiger partial charge in [-0.25, -0.2) is 0 Å². The average molecular weight is 273 g/mol. The first kappa shape index (κ1) is 13.5. The molecule has 0 unspecified atom stereocenters. The molecule has 0 radical (unpaired) electrons. The minimum Gasteiger partial charge on any atom is -0.505 e. The smallest absolute Gasteiger partial charge is 0.309 e. The van der Waals surface area contributed by atoms with Crippen molar-refractivity contribution in [3.05, 3.63) is 48.0 Å². The molecule has 0 aliphatic rings. The summed E-state index contributed by atoms with van der Waals surface area (Å²) in [5.41, 5.74) is 0.886. The number of carboxylic acid groups (broad SMARTS) is 1. The van der Waals surface area contributed by atoms with Gasteiger partial charge in [0, 0.05) is 6.20 Å². The van der Waals surface area contributed by atoms with Crippen LogP contribution in [0.3, 0.4) is 0 Å². The monoisotopic (exact) mass is 273 g/mol. The molecule has 0 bridgehead atoms. The van der Waals surface area contributed by atoms with Crippen LogP contribution in [-0.4, -0.2) is 32.1 Å². The van der Waals surface area contributed by atoms with Crippen molar-refractivity contribution in [3.8, 4) is 5.75 Å². The van der Waals surface area contributed by atoms with Crippen molar-refractivity contribution >= 4 is 17.6 Å². The van der Waals surface area contributed by atoms with Crippen LogP contribution in [0, 0.1) is 0 Å². The van der Waals surface area contributed by atoms with Gasteiger partial charge in [-0.1, -0.05) is 0 Å². The summed E-state index contributed by atoms with van der Waals surface area (Å²) < 4.78 is 0. The Morgan fingerprint density at radius 2 is 2.00 bits per heavy atom. The van der Waals surface area contributed by atoms with E-state index in [0.29, 0.717) is 11.4 Å². The first-order valence-corrected chi connectivity index (χ1v) is 5.67. The number of hydrogen-bond donors (Lipinski definition) is 3. The van der Waals surface area contributed by atoms with Crippen LogP contribution in [-0.2, 0) is 11.2 Å². The van der Waals surface area contributed by atoms with Gasteiger partial charge in [-0.05, 0) is 18.2 Å². The number of aliphatic carboxylic acids is 1. The molecular weight excluding hydrogens is 262 g/mol. The highest BCUT2D eigenvalue weighted by Crippen LogP contribution is 2.16. The predicted molar refractivity (Wildman–Crippen MR) is 69.4 cm³/mol. The second-order valence-corrected chi connectivity index (χ2v) is 3.96. The summed E-state index contributed by atoms with van der Waals surface area (Å²) in [5.74, 6) is -1.70. The summed E-state index contributed by atoms with van der Waals surface area (Å²) in [7, 11) is 0. The van der Waals surface area contributed by atoms with E-state index in [0.717, 1.165) is 0 Å². The predicted octanol–water partition coefficient (Wildman–Crippen LogP) is 1.06. The average Bonchev–Trinajstić information content (AvgIpc) is 2.41. The molecule has 2 aromatic rings. The van der Waals surface area contributed by atoms with Crippen molar-refractivity contribution in [2.45, 2.75) is 6.42 Å². The molecule has 20 heavy (non-hydrogen) atoms. The second kappa shape index (κ2) is 5.79. The summed E-state index contributed by atoms with van der Waals surface area (Å²) in [6.45, 7) is 0. The Hall–Kier alpha value is -2.96. The molecule has 2 heterocycles. The summed E-state index contributed by atoms with van der Waals surface area (Å²) in [6.07, 6.45) is 3.74. The number of nitrogens with zero attached hydrogens (tertiary/aromatic N) is 2. The van der Waals surface area contributed by atoms with E-state index in [1.165, 1.54) is 30.7 Å². The normalized spacial score (nSPS) is 10.0. The van der Waals surface area contributed by atoms with Gasteiger partial charge in [0.05, 0.1) is 35.8 Å². The fraction of sp³-hybridized carbons (Fsp3) is 0.0769. The van der Waals surface area contributed by atoms with E-state index >= 15 is 0 Å². The van der Waals surface area contributed by atoms with Gasteiger partial charge in [0.15, 0.2) is 0 Å². The minimum atomic E-state index is -0.976. The van der Waals surface area contributed by atoms with Crippen molar-refractivity contribution in [2.75, 3.05) is 5.32 Å². The molecule has 0 aromatic carbocycles. The van der Waals surface area contributed by atoms with Gasteiger partial charge in [-0.2, -0.15) is 0 Å². The number of amides is 1. The number of pyridine rings is 2. The Morgan fingerprint density at radius 1 is 1.20 bits per heavy atom. The molecule has 7 heteroatoms. The highest BCUT2D eigenvalue weighted by Gasteiger charge is 2.11. The summed E-state index contributed by atoms with van der Waals surface area (Å²) in [4.78, 5) is 30.0. The van der Waals surface area contributed by atoms with Crippen LogP contribution in [0.5, 0.6) is 5.75 Å². The van der Waals surface area contributed by atoms with Crippen molar-refractivity contribution in [1.29, 1.82) is 0 Å². The first-order valence-electron chi connectivity index (χ1n) is 5.67. The van der Waals surface area contributed by atoms with Gasteiger partial charge in [0.1, 0.15) is 5.75 Å². The number of carbonyl (C=O) groups excluding carboxylic acids is 1. The molecule has 3 N–H and O–H groups in total. The Labute approximate surface area is 113 Å². The molecule has 0 atom stereocenters. The number of carbonyl (C=O) groups is 2. The topological polar surface area (TPSA) is 112 Å². The van der Waals surface area contributed by atoms with Gasteiger partial charge in [-0.3, -0.25) is 19.6 Å². The third-order valence-corrected chi connectivity index (χ3v) is 2.46. The van der Waals surface area contributed by atoms with Crippen molar-refractivity contribution in [2.24, 2.45) is 0 Å². The lowest BCUT2D eigenvalue weighted by atomic mass is 10.2. The highest BCUT2D eigenvalue weighted by atomic mass is 16.4. The molecule has 2 rings (SSSR count). The molecule has 1 amide bonds. The molecule has 0 aliphatic heterocycles. The standard InChI is InChI=1S/C13H11N3O4/c17-11-7-14-4-3-10(11)13(20)16-9-2-1-8(15-6-9)5-12(18)19/h1-4,6-7,17H,5H2,(H,16,20)(H,18,19). The third kappa shape index (κ3) is 3.29. The van der Waals surface area contributed by atoms with Crippen LogP contribution in [0.25, 0.3) is 0 Å². The number of rotatable bonds is 4. The minimum absolute atomic E-state index is 0.0922. The van der Waals surface area contributed by atoms with Gasteiger partial charge >= 0.3 is 5.97 Å². The van der Waals surface area contributed by atoms with Crippen molar-refractivity contribution in [1.82, 2.24) is 9.97 Å². The number of anilines is 1. The van der Waals surface area contributed by atoms with E-state index in [1.54, 1.807) is 6.07 Å². The maximum absolute atomic E-state index is 11.9. The van der Waals surface area contributed by atoms with Crippen LogP contribution in [0.2, 0.25) is 0 Å². The van der Waals surface area contributed by atoms with Gasteiger partial charge < -0.3 is 15.5 Å². The molecule has 0 saturated carbocycles. The van der Waals surface area contributed by atoms with Crippen molar-refractivity contribution < 1.29 is 19.8 Å². The van der Waals surface area contributed by atoms with Crippen LogP contribution in [0.1, 0.15) is 16.1 Å². The van der Waals surface area contributed by atoms with E-state index in [9.17, 15) is 14.7 Å². The summed E-state index contributed by atoms with van der Waals surface area (Å²) in [6, 6.07) is 4.44. The van der Waals surface area contributed by atoms with Gasteiger partial charge in [-0.15, -0.1) is 0 Å². The Kier molecular flexibility index (Phi) is 3.90. The maximum atomic E-state index is 11.9. The van der Waals surface area contributed by atoms with Crippen LogP contribution in [0.4, 0.5) is 5.69 Å². The maximum Gasteiger partial charge on any atom is 0.309 e. The quantitative estimate of drug-likeness (QED) is 0.767. The molecule has 0 saturated heterocycles. The first-order chi connectivity index (χ1) is 9.56. The number of aromatic hydroxyl groups is 1. The lowest BCUT2D eigenvalue weighted by Gasteiger charge is -2.06. The summed E-state index contributed by atoms with van der Waals surface area (Å²) >= 11 is 0. The van der Waals surface area contributed by atoms with E-state index in [-0.39, 0.29) is 17.7 Å². The Morgan fingerprint density at radius 3 is 2.60 bits per heavy atom. The van der Waals surface area contributed by atoms with Crippen LogP contribution < -0.4 is 5.32 Å². The lowest BCUT2D eigenvalue weighted by molar-refractivity contribution is -0.136. The number of nitrogens with one attached hydrogen (secondary N) is 1. The van der Waals surface area contributed by atoms with Crippen molar-refractivity contribution in [3.63, 3.8) is 0 Å². The highest BCUT2D eigenvalue weighted by molar-refractivity contribution is 6.05. The second-order valence-electron chi connectivity index (χ2n) is 3.96.